The molecular weight excluding hydrogens is 516 g/mol. The summed E-state index contributed by atoms with van der Waals surface area (Å²) in [5, 5.41) is 9.18. The molecule has 188 valence electrons. The summed E-state index contributed by atoms with van der Waals surface area (Å²) in [4.78, 5) is 36.2. The van der Waals surface area contributed by atoms with Crippen LogP contribution in [0.5, 0.6) is 5.75 Å². The molecule has 0 bridgehead atoms. The zero-order chi connectivity index (χ0) is 25.8. The Labute approximate surface area is 213 Å². The van der Waals surface area contributed by atoms with E-state index in [1.807, 2.05) is 45.9 Å². The van der Waals surface area contributed by atoms with Crippen molar-refractivity contribution in [3.8, 4) is 5.75 Å². The zero-order valence-corrected chi connectivity index (χ0v) is 21.9. The van der Waals surface area contributed by atoms with E-state index in [1.54, 1.807) is 18.2 Å². The Morgan fingerprint density at radius 1 is 1.11 bits per heavy atom. The van der Waals surface area contributed by atoms with E-state index in [4.69, 9.17) is 9.47 Å². The summed E-state index contributed by atoms with van der Waals surface area (Å²) in [7, 11) is 0. The highest BCUT2D eigenvalue weighted by molar-refractivity contribution is 9.10. The highest BCUT2D eigenvalue weighted by atomic mass is 79.9. The largest absolute Gasteiger partial charge is 0.483 e. The van der Waals surface area contributed by atoms with E-state index in [0.29, 0.717) is 30.9 Å². The molecule has 0 aliphatic rings. The number of nitrogens with one attached hydrogen (secondary N) is 3. The second kappa shape index (κ2) is 14.2. The fraction of sp³-hybridized carbons (Fsp3) is 0.360. The normalized spacial score (nSPS) is 10.9. The highest BCUT2D eigenvalue weighted by Crippen LogP contribution is 2.22. The molecule has 2 aromatic rings. The second-order valence-corrected chi connectivity index (χ2v) is 8.91. The predicted molar refractivity (Wildman–Crippen MR) is 139 cm³/mol. The third kappa shape index (κ3) is 9.87. The number of amides is 3. The average Bonchev–Trinajstić information content (AvgIpc) is 2.81. The minimum Gasteiger partial charge on any atom is -0.483 e. The number of anilines is 1. The summed E-state index contributed by atoms with van der Waals surface area (Å²) in [6.07, 6.45) is 2.04. The van der Waals surface area contributed by atoms with Gasteiger partial charge >= 0.3 is 11.8 Å². The molecule has 0 spiro atoms. The molecule has 0 saturated carbocycles. The van der Waals surface area contributed by atoms with Crippen LogP contribution in [0.4, 0.5) is 5.69 Å². The molecule has 3 N–H and O–H groups in total. The number of hydrogen-bond acceptors (Lipinski definition) is 6. The highest BCUT2D eigenvalue weighted by Gasteiger charge is 2.12. The Hall–Kier alpha value is -3.24. The number of hydrogen-bond donors (Lipinski definition) is 3. The zero-order valence-electron chi connectivity index (χ0n) is 20.3. The fourth-order valence-corrected chi connectivity index (χ4v) is 3.23. The van der Waals surface area contributed by atoms with E-state index in [-0.39, 0.29) is 18.6 Å². The molecule has 0 unspecified atom stereocenters. The molecule has 10 heteroatoms. The van der Waals surface area contributed by atoms with E-state index in [1.165, 1.54) is 6.21 Å². The number of halogens is 1. The van der Waals surface area contributed by atoms with Crippen molar-refractivity contribution < 1.29 is 23.9 Å². The Balaban J connectivity index is 1.88. The summed E-state index contributed by atoms with van der Waals surface area (Å²) in [6.45, 7) is 8.35. The maximum Gasteiger partial charge on any atom is 0.329 e. The van der Waals surface area contributed by atoms with Crippen LogP contribution in [0.1, 0.15) is 37.0 Å². The van der Waals surface area contributed by atoms with Crippen LogP contribution in [0, 0.1) is 13.8 Å². The lowest BCUT2D eigenvalue weighted by molar-refractivity contribution is -0.139. The number of ether oxygens (including phenoxy) is 2. The van der Waals surface area contributed by atoms with Gasteiger partial charge in [0.05, 0.1) is 12.3 Å². The number of benzene rings is 2. The van der Waals surface area contributed by atoms with Crippen LogP contribution in [0.2, 0.25) is 0 Å². The van der Waals surface area contributed by atoms with Crippen molar-refractivity contribution >= 4 is 45.6 Å². The van der Waals surface area contributed by atoms with Crippen LogP contribution in [-0.2, 0) is 19.1 Å². The van der Waals surface area contributed by atoms with Gasteiger partial charge in [0, 0.05) is 28.9 Å². The Morgan fingerprint density at radius 2 is 1.89 bits per heavy atom. The fourth-order valence-electron chi connectivity index (χ4n) is 2.85. The van der Waals surface area contributed by atoms with E-state index < -0.39 is 11.8 Å². The van der Waals surface area contributed by atoms with Gasteiger partial charge in [0.1, 0.15) is 5.75 Å². The van der Waals surface area contributed by atoms with Gasteiger partial charge in [0.25, 0.3) is 5.91 Å². The molecule has 35 heavy (non-hydrogen) atoms. The van der Waals surface area contributed by atoms with Crippen molar-refractivity contribution in [3.05, 3.63) is 57.6 Å². The first-order valence-corrected chi connectivity index (χ1v) is 12.0. The maximum absolute atomic E-state index is 12.4. The third-order valence-electron chi connectivity index (χ3n) is 4.84. The summed E-state index contributed by atoms with van der Waals surface area (Å²) in [5.41, 5.74) is 5.48. The number of carbonyl (C=O) groups is 3. The van der Waals surface area contributed by atoms with Crippen LogP contribution in [0.3, 0.4) is 0 Å². The average molecular weight is 547 g/mol. The van der Waals surface area contributed by atoms with Gasteiger partial charge in [-0.1, -0.05) is 28.1 Å². The minimum absolute atomic E-state index is 0.113. The molecule has 0 heterocycles. The van der Waals surface area contributed by atoms with Crippen molar-refractivity contribution in [2.45, 2.75) is 40.2 Å². The molecule has 0 fully saturated rings. The lowest BCUT2D eigenvalue weighted by Crippen LogP contribution is -2.38. The van der Waals surface area contributed by atoms with Gasteiger partial charge in [-0.25, -0.2) is 5.43 Å². The third-order valence-corrected chi connectivity index (χ3v) is 5.34. The van der Waals surface area contributed by atoms with Crippen molar-refractivity contribution in [2.24, 2.45) is 5.10 Å². The monoisotopic (exact) mass is 546 g/mol. The maximum atomic E-state index is 12.4. The quantitative estimate of drug-likeness (QED) is 0.172. The smallest absolute Gasteiger partial charge is 0.329 e. The van der Waals surface area contributed by atoms with Gasteiger partial charge < -0.3 is 20.1 Å². The summed E-state index contributed by atoms with van der Waals surface area (Å²) < 4.78 is 11.8. The van der Waals surface area contributed by atoms with Gasteiger partial charge in [-0.3, -0.25) is 14.4 Å². The number of aryl methyl sites for hydroxylation is 1. The van der Waals surface area contributed by atoms with Gasteiger partial charge in [0.15, 0.2) is 6.61 Å². The number of nitrogens with zero attached hydrogens (tertiary/aromatic N) is 1. The molecule has 0 atom stereocenters. The van der Waals surface area contributed by atoms with E-state index in [2.05, 4.69) is 37.1 Å². The van der Waals surface area contributed by atoms with Gasteiger partial charge in [-0.15, -0.1) is 0 Å². The summed E-state index contributed by atoms with van der Waals surface area (Å²) in [5.74, 6) is -1.61. The predicted octanol–water partition coefficient (Wildman–Crippen LogP) is 3.46. The molecule has 2 aromatic carbocycles. The minimum atomic E-state index is -0.892. The number of rotatable bonds is 11. The second-order valence-electron chi connectivity index (χ2n) is 7.99. The first-order chi connectivity index (χ1) is 16.7. The van der Waals surface area contributed by atoms with Crippen LogP contribution < -0.4 is 20.8 Å². The standard InChI is InChI=1S/C25H31BrN4O5/c1-16(2)34-12-6-11-27-24(32)25(33)30-28-14-19-13-20(26)9-10-22(19)35-15-23(31)29-21-8-5-7-17(3)18(21)4/h5,7-10,13-14,16H,6,11-12,15H2,1-4H3,(H,27,32)(H,29,31)(H,30,33)/b28-14-. The molecule has 0 saturated heterocycles. The van der Waals surface area contributed by atoms with Crippen LogP contribution in [0.15, 0.2) is 46.0 Å². The summed E-state index contributed by atoms with van der Waals surface area (Å²) in [6, 6.07) is 10.8. The first kappa shape index (κ1) is 28.0. The van der Waals surface area contributed by atoms with Gasteiger partial charge in [-0.05, 0) is 69.5 Å². The summed E-state index contributed by atoms with van der Waals surface area (Å²) >= 11 is 3.37. The lowest BCUT2D eigenvalue weighted by Gasteiger charge is -2.12. The Bertz CT molecular complexity index is 1070. The molecule has 2 rings (SSSR count). The van der Waals surface area contributed by atoms with Crippen molar-refractivity contribution in [1.82, 2.24) is 10.7 Å². The molecule has 0 aromatic heterocycles. The molecule has 0 aliphatic carbocycles. The topological polar surface area (TPSA) is 118 Å². The van der Waals surface area contributed by atoms with Crippen LogP contribution in [-0.4, -0.2) is 49.8 Å². The van der Waals surface area contributed by atoms with Crippen LogP contribution in [0.25, 0.3) is 0 Å². The van der Waals surface area contributed by atoms with Crippen molar-refractivity contribution in [3.63, 3.8) is 0 Å². The first-order valence-electron chi connectivity index (χ1n) is 11.2. The van der Waals surface area contributed by atoms with Crippen molar-refractivity contribution in [2.75, 3.05) is 25.1 Å². The molecular formula is C25H31BrN4O5. The Kier molecular flexibility index (Phi) is 11.4. The Morgan fingerprint density at radius 3 is 2.63 bits per heavy atom. The SMILES string of the molecule is Cc1cccc(NC(=O)COc2ccc(Br)cc2/C=N\NC(=O)C(=O)NCCCOC(C)C)c1C. The van der Waals surface area contributed by atoms with Gasteiger partial charge in [0.2, 0.25) is 0 Å². The molecule has 0 radical (unpaired) electrons. The van der Waals surface area contributed by atoms with Gasteiger partial charge in [-0.2, -0.15) is 5.10 Å². The van der Waals surface area contributed by atoms with Crippen molar-refractivity contribution in [1.29, 1.82) is 0 Å². The molecule has 0 aliphatic heterocycles. The number of carbonyl (C=O) groups excluding carboxylic acids is 3. The van der Waals surface area contributed by atoms with E-state index >= 15 is 0 Å². The molecule has 9 nitrogen and oxygen atoms in total. The van der Waals surface area contributed by atoms with E-state index in [0.717, 1.165) is 21.3 Å². The molecule has 3 amide bonds. The van der Waals surface area contributed by atoms with E-state index in [9.17, 15) is 14.4 Å². The van der Waals surface area contributed by atoms with Crippen LogP contribution >= 0.6 is 15.9 Å². The number of hydrazone groups is 1. The lowest BCUT2D eigenvalue weighted by atomic mass is 10.1.